The monoisotopic (exact) mass is 188 g/mol. The molecule has 0 aliphatic carbocycles. The molecule has 0 amide bonds. The number of carbonyl (C=O) groups excluding carboxylic acids is 2. The zero-order valence-corrected chi connectivity index (χ0v) is 6.45. The van der Waals surface area contributed by atoms with Gasteiger partial charge in [0.05, 0.1) is 0 Å². The van der Waals surface area contributed by atoms with E-state index in [4.69, 9.17) is 34.8 Å². The van der Waals surface area contributed by atoms with Crippen LogP contribution in [0.2, 0.25) is 0 Å². The molecule has 0 aliphatic rings. The molecule has 0 bridgehead atoms. The van der Waals surface area contributed by atoms with E-state index in [1.807, 2.05) is 0 Å². The highest BCUT2D eigenvalue weighted by molar-refractivity contribution is 6.60. The minimum absolute atomic E-state index is 0.210. The Bertz CT molecular complexity index is 123. The van der Waals surface area contributed by atoms with Crippen molar-refractivity contribution in [3.05, 3.63) is 0 Å². The molecule has 0 spiro atoms. The lowest BCUT2D eigenvalue weighted by Crippen LogP contribution is -2.29. The third kappa shape index (κ3) is 2.52. The largest absolute Gasteiger partial charge is 0.302 e. The first-order valence-electron chi connectivity index (χ1n) is 1.98. The van der Waals surface area contributed by atoms with E-state index in [0.717, 1.165) is 0 Å². The van der Waals surface area contributed by atoms with E-state index in [-0.39, 0.29) is 6.29 Å². The van der Waals surface area contributed by atoms with Gasteiger partial charge in [-0.05, 0) is 0 Å². The predicted octanol–water partition coefficient (Wildman–Crippen LogP) is 1.17. The minimum atomic E-state index is -1.79. The van der Waals surface area contributed by atoms with Crippen molar-refractivity contribution >= 4 is 47.4 Å². The fraction of sp³-hybridized carbons (Fsp3) is 0.500. The molecule has 0 aromatic rings. The Labute approximate surface area is 67.1 Å². The Morgan fingerprint density at radius 3 is 1.89 bits per heavy atom. The van der Waals surface area contributed by atoms with Crippen molar-refractivity contribution < 1.29 is 9.59 Å². The maximum absolute atomic E-state index is 9.92. The smallest absolute Gasteiger partial charge is 0.195 e. The van der Waals surface area contributed by atoms with Crippen LogP contribution < -0.4 is 0 Å². The summed E-state index contributed by atoms with van der Waals surface area (Å²) < 4.78 is -1.79. The van der Waals surface area contributed by atoms with Crippen molar-refractivity contribution in [3.63, 3.8) is 0 Å². The fourth-order valence-corrected chi connectivity index (χ4v) is 0.310. The molecule has 0 aromatic heterocycles. The standard InChI is InChI=1S/C4H3Cl3O2/c5-3(1-8)4(6,7)2-9/h1-3H. The number of alkyl halides is 3. The summed E-state index contributed by atoms with van der Waals surface area (Å²) in [5.74, 6) is 0. The molecule has 1 unspecified atom stereocenters. The maximum atomic E-state index is 9.92. The summed E-state index contributed by atoms with van der Waals surface area (Å²) in [6.07, 6.45) is 0.512. The Hall–Kier alpha value is 0.210. The molecule has 0 rings (SSSR count). The first kappa shape index (κ1) is 9.21. The Morgan fingerprint density at radius 1 is 1.33 bits per heavy atom. The predicted molar refractivity (Wildman–Crippen MR) is 36.2 cm³/mol. The van der Waals surface area contributed by atoms with Crippen molar-refractivity contribution in [2.24, 2.45) is 0 Å². The molecule has 9 heavy (non-hydrogen) atoms. The van der Waals surface area contributed by atoms with Gasteiger partial charge in [0.25, 0.3) is 0 Å². The first-order valence-corrected chi connectivity index (χ1v) is 3.17. The summed E-state index contributed by atoms with van der Waals surface area (Å²) in [5.41, 5.74) is 0. The van der Waals surface area contributed by atoms with Gasteiger partial charge < -0.3 is 4.79 Å². The quantitative estimate of drug-likeness (QED) is 0.493. The number of rotatable bonds is 3. The molecule has 0 heterocycles. The summed E-state index contributed by atoms with van der Waals surface area (Å²) in [4.78, 5) is 19.8. The average Bonchev–Trinajstić information content (AvgIpc) is 1.86. The number of aldehydes is 2. The zero-order chi connectivity index (χ0) is 7.49. The molecule has 0 fully saturated rings. The highest BCUT2D eigenvalue weighted by atomic mass is 35.5. The van der Waals surface area contributed by atoms with Crippen LogP contribution in [0.4, 0.5) is 0 Å². The lowest BCUT2D eigenvalue weighted by Gasteiger charge is -2.11. The molecule has 0 saturated carbocycles. The Morgan fingerprint density at radius 2 is 1.78 bits per heavy atom. The van der Waals surface area contributed by atoms with Crippen LogP contribution in [0.25, 0.3) is 0 Å². The highest BCUT2D eigenvalue weighted by Crippen LogP contribution is 2.25. The molecule has 52 valence electrons. The number of halogens is 3. The minimum Gasteiger partial charge on any atom is -0.302 e. The van der Waals surface area contributed by atoms with Crippen molar-refractivity contribution in [3.8, 4) is 0 Å². The van der Waals surface area contributed by atoms with Gasteiger partial charge in [0.1, 0.15) is 11.7 Å². The number of hydrogen-bond donors (Lipinski definition) is 0. The van der Waals surface area contributed by atoms with Crippen LogP contribution in [0.5, 0.6) is 0 Å². The summed E-state index contributed by atoms with van der Waals surface area (Å²) in [5, 5.41) is -1.18. The van der Waals surface area contributed by atoms with E-state index < -0.39 is 9.71 Å². The normalized spacial score (nSPS) is 14.6. The molecule has 0 aromatic carbocycles. The van der Waals surface area contributed by atoms with Crippen molar-refractivity contribution in [2.75, 3.05) is 0 Å². The van der Waals surface area contributed by atoms with Crippen molar-refractivity contribution in [1.82, 2.24) is 0 Å². The second-order valence-corrected chi connectivity index (χ2v) is 3.24. The van der Waals surface area contributed by atoms with Crippen LogP contribution in [-0.4, -0.2) is 22.3 Å². The first-order chi connectivity index (χ1) is 4.04. The number of carbonyl (C=O) groups is 2. The molecule has 0 N–H and O–H groups in total. The summed E-state index contributed by atoms with van der Waals surface area (Å²) in [7, 11) is 0. The van der Waals surface area contributed by atoms with Gasteiger partial charge in [0.15, 0.2) is 10.6 Å². The summed E-state index contributed by atoms with van der Waals surface area (Å²) >= 11 is 15.6. The third-order valence-corrected chi connectivity index (χ3v) is 1.96. The van der Waals surface area contributed by atoms with Gasteiger partial charge >= 0.3 is 0 Å². The van der Waals surface area contributed by atoms with E-state index in [2.05, 4.69) is 0 Å². The van der Waals surface area contributed by atoms with Gasteiger partial charge in [-0.2, -0.15) is 0 Å². The van der Waals surface area contributed by atoms with E-state index in [9.17, 15) is 9.59 Å². The molecule has 0 radical (unpaired) electrons. The Balaban J connectivity index is 4.11. The molecular weight excluding hydrogens is 186 g/mol. The van der Waals surface area contributed by atoms with Crippen molar-refractivity contribution in [1.29, 1.82) is 0 Å². The lowest BCUT2D eigenvalue weighted by atomic mass is 10.3. The highest BCUT2D eigenvalue weighted by Gasteiger charge is 2.32. The molecule has 0 saturated heterocycles. The Kier molecular flexibility index (Phi) is 3.48. The fourth-order valence-electron chi connectivity index (χ4n) is 0.156. The third-order valence-electron chi connectivity index (χ3n) is 0.644. The van der Waals surface area contributed by atoms with Gasteiger partial charge in [-0.3, -0.25) is 4.79 Å². The van der Waals surface area contributed by atoms with Gasteiger partial charge in [-0.25, -0.2) is 0 Å². The second-order valence-electron chi connectivity index (χ2n) is 1.33. The van der Waals surface area contributed by atoms with Crippen LogP contribution in [0.3, 0.4) is 0 Å². The summed E-state index contributed by atoms with van der Waals surface area (Å²) in [6, 6.07) is 0. The van der Waals surface area contributed by atoms with Gasteiger partial charge in [0, 0.05) is 0 Å². The maximum Gasteiger partial charge on any atom is 0.195 e. The van der Waals surface area contributed by atoms with Crippen LogP contribution >= 0.6 is 34.8 Å². The SMILES string of the molecule is O=CC(Cl)C(Cl)(Cl)C=O. The van der Waals surface area contributed by atoms with Crippen LogP contribution in [0, 0.1) is 0 Å². The van der Waals surface area contributed by atoms with E-state index in [0.29, 0.717) is 6.29 Å². The van der Waals surface area contributed by atoms with E-state index in [1.165, 1.54) is 0 Å². The van der Waals surface area contributed by atoms with Gasteiger partial charge in [0.2, 0.25) is 0 Å². The average molecular weight is 189 g/mol. The van der Waals surface area contributed by atoms with Crippen LogP contribution in [0.1, 0.15) is 0 Å². The number of hydrogen-bond acceptors (Lipinski definition) is 2. The molecule has 5 heteroatoms. The lowest BCUT2D eigenvalue weighted by molar-refractivity contribution is -0.112. The second kappa shape index (κ2) is 3.40. The molecule has 0 aliphatic heterocycles. The summed E-state index contributed by atoms with van der Waals surface area (Å²) in [6.45, 7) is 0. The van der Waals surface area contributed by atoms with Crippen LogP contribution in [0.15, 0.2) is 0 Å². The van der Waals surface area contributed by atoms with Crippen molar-refractivity contribution in [2.45, 2.75) is 9.71 Å². The molecular formula is C4H3Cl3O2. The van der Waals surface area contributed by atoms with E-state index >= 15 is 0 Å². The van der Waals surface area contributed by atoms with Gasteiger partial charge in [-0.1, -0.05) is 23.2 Å². The van der Waals surface area contributed by atoms with Crippen LogP contribution in [-0.2, 0) is 9.59 Å². The molecule has 1 atom stereocenters. The topological polar surface area (TPSA) is 34.1 Å². The molecule has 2 nitrogen and oxygen atoms in total. The van der Waals surface area contributed by atoms with E-state index in [1.54, 1.807) is 0 Å². The zero-order valence-electron chi connectivity index (χ0n) is 4.18. The van der Waals surface area contributed by atoms with Gasteiger partial charge in [-0.15, -0.1) is 11.6 Å².